The van der Waals surface area contributed by atoms with E-state index in [-0.39, 0.29) is 31.1 Å². The zero-order valence-corrected chi connectivity index (χ0v) is 47.9. The van der Waals surface area contributed by atoms with E-state index in [9.17, 15) is 14.4 Å². The Balaban J connectivity index is 4.41. The number of hydrogen-bond donors (Lipinski definition) is 0. The maximum absolute atomic E-state index is 12.9. The number of allylic oxidation sites excluding steroid dienone is 16. The second kappa shape index (κ2) is 60.9. The average molecular weight is 1020 g/mol. The van der Waals surface area contributed by atoms with Crippen LogP contribution in [0.25, 0.3) is 0 Å². The van der Waals surface area contributed by atoms with Crippen LogP contribution in [0.15, 0.2) is 97.2 Å². The minimum Gasteiger partial charge on any atom is -0.462 e. The second-order valence-corrected chi connectivity index (χ2v) is 20.2. The number of carbonyl (C=O) groups excluding carboxylic acids is 3. The van der Waals surface area contributed by atoms with Crippen LogP contribution in [-0.4, -0.2) is 37.2 Å². The number of rotatable bonds is 55. The summed E-state index contributed by atoms with van der Waals surface area (Å²) in [6.45, 7) is 6.40. The van der Waals surface area contributed by atoms with Gasteiger partial charge in [0.25, 0.3) is 0 Å². The molecule has 0 aliphatic heterocycles. The van der Waals surface area contributed by atoms with Crippen molar-refractivity contribution in [3.8, 4) is 0 Å². The van der Waals surface area contributed by atoms with Crippen LogP contribution in [0.4, 0.5) is 0 Å². The van der Waals surface area contributed by atoms with Crippen LogP contribution in [-0.2, 0) is 28.6 Å². The van der Waals surface area contributed by atoms with E-state index < -0.39 is 6.10 Å². The lowest BCUT2D eigenvalue weighted by molar-refractivity contribution is -0.167. The van der Waals surface area contributed by atoms with Gasteiger partial charge in [-0.2, -0.15) is 0 Å². The lowest BCUT2D eigenvalue weighted by Crippen LogP contribution is -2.30. The quantitative estimate of drug-likeness (QED) is 0.0261. The Morgan fingerprint density at radius 3 is 0.849 bits per heavy atom. The fraction of sp³-hybridized carbons (Fsp3) is 0.716. The monoisotopic (exact) mass is 1010 g/mol. The van der Waals surface area contributed by atoms with Gasteiger partial charge in [0, 0.05) is 19.3 Å². The molecule has 0 aromatic carbocycles. The molecule has 0 unspecified atom stereocenters. The number of unbranched alkanes of at least 4 members (excludes halogenated alkanes) is 28. The minimum atomic E-state index is -0.801. The molecule has 0 aliphatic rings. The summed E-state index contributed by atoms with van der Waals surface area (Å²) < 4.78 is 16.9. The van der Waals surface area contributed by atoms with E-state index in [0.29, 0.717) is 19.3 Å². The van der Waals surface area contributed by atoms with Gasteiger partial charge in [-0.05, 0) is 96.3 Å². The standard InChI is InChI=1S/C67H114O6/c1-4-7-10-13-16-19-22-25-28-30-32-33-35-37-40-42-45-48-51-54-57-60-66(69)72-63-64(73-67(70)61-58-55-52-49-46-43-38-27-24-21-18-15-12-9-6-3)62-71-65(68)59-56-53-50-47-44-41-39-36-34-31-29-26-23-20-17-14-11-8-5-2/h8-9,11-12,17-18,20-21,26-27,29,34,36,38,41,44,64H,4-7,10,13-16,19,22-25,28,30-33,35,37,39-40,42-43,45-63H2,1-3H3/b11-8-,12-9-,20-17-,21-18-,29-26-,36-34-,38-27-,44-41-/t64-/m1/s1. The Labute approximate surface area is 451 Å². The molecular formula is C67H114O6. The van der Waals surface area contributed by atoms with Gasteiger partial charge in [0.05, 0.1) is 0 Å². The molecule has 0 aromatic heterocycles. The van der Waals surface area contributed by atoms with Gasteiger partial charge < -0.3 is 14.2 Å². The molecule has 73 heavy (non-hydrogen) atoms. The van der Waals surface area contributed by atoms with E-state index in [4.69, 9.17) is 14.2 Å². The normalized spacial score (nSPS) is 12.8. The molecule has 0 N–H and O–H groups in total. The smallest absolute Gasteiger partial charge is 0.306 e. The molecule has 0 rings (SSSR count). The van der Waals surface area contributed by atoms with Crippen LogP contribution in [0.3, 0.4) is 0 Å². The number of carbonyl (C=O) groups is 3. The van der Waals surface area contributed by atoms with Crippen molar-refractivity contribution in [2.75, 3.05) is 13.2 Å². The lowest BCUT2D eigenvalue weighted by atomic mass is 10.0. The summed E-state index contributed by atoms with van der Waals surface area (Å²) in [6.07, 6.45) is 81.2. The molecular weight excluding hydrogens is 901 g/mol. The predicted molar refractivity (Wildman–Crippen MR) is 316 cm³/mol. The molecule has 0 amide bonds. The van der Waals surface area contributed by atoms with E-state index >= 15 is 0 Å². The molecule has 0 saturated heterocycles. The molecule has 0 heterocycles. The van der Waals surface area contributed by atoms with Crippen molar-refractivity contribution in [2.24, 2.45) is 0 Å². The Morgan fingerprint density at radius 1 is 0.288 bits per heavy atom. The molecule has 0 saturated carbocycles. The minimum absolute atomic E-state index is 0.0937. The topological polar surface area (TPSA) is 78.9 Å². The summed E-state index contributed by atoms with van der Waals surface area (Å²) in [5, 5.41) is 0. The predicted octanol–water partition coefficient (Wildman–Crippen LogP) is 20.9. The molecule has 1 atom stereocenters. The first-order chi connectivity index (χ1) is 36.0. The molecule has 418 valence electrons. The summed E-state index contributed by atoms with van der Waals surface area (Å²) in [5.74, 6) is -0.936. The lowest BCUT2D eigenvalue weighted by Gasteiger charge is -2.18. The highest BCUT2D eigenvalue weighted by molar-refractivity contribution is 5.71. The first-order valence-electron chi connectivity index (χ1n) is 30.7. The van der Waals surface area contributed by atoms with Gasteiger partial charge in [0.2, 0.25) is 0 Å². The van der Waals surface area contributed by atoms with Gasteiger partial charge in [-0.25, -0.2) is 0 Å². The number of hydrogen-bond acceptors (Lipinski definition) is 6. The van der Waals surface area contributed by atoms with Crippen LogP contribution in [0.5, 0.6) is 0 Å². The van der Waals surface area contributed by atoms with Crippen molar-refractivity contribution in [3.63, 3.8) is 0 Å². The molecule has 6 nitrogen and oxygen atoms in total. The largest absolute Gasteiger partial charge is 0.462 e. The summed E-state index contributed by atoms with van der Waals surface area (Å²) in [5.41, 5.74) is 0. The second-order valence-electron chi connectivity index (χ2n) is 20.2. The van der Waals surface area contributed by atoms with Crippen molar-refractivity contribution >= 4 is 17.9 Å². The van der Waals surface area contributed by atoms with Gasteiger partial charge in [0.1, 0.15) is 13.2 Å². The van der Waals surface area contributed by atoms with E-state index in [1.165, 1.54) is 116 Å². The maximum atomic E-state index is 12.9. The molecule has 0 aliphatic carbocycles. The Hall–Kier alpha value is -3.67. The third kappa shape index (κ3) is 59.1. The van der Waals surface area contributed by atoms with Gasteiger partial charge >= 0.3 is 17.9 Å². The SMILES string of the molecule is CC/C=C\C/C=C\C/C=C\C/C=C\C/C=C\CCCCCC(=O)OC[C@H](COC(=O)CCCCCCCCCCCCCCCCCCCCCCC)OC(=O)CCCCCCC/C=C\C/C=C\C/C=C\CC. The van der Waals surface area contributed by atoms with Crippen LogP contribution in [0, 0.1) is 0 Å². The third-order valence-electron chi connectivity index (χ3n) is 13.1. The van der Waals surface area contributed by atoms with Crippen LogP contribution < -0.4 is 0 Å². The van der Waals surface area contributed by atoms with Crippen molar-refractivity contribution < 1.29 is 28.6 Å². The summed E-state index contributed by atoms with van der Waals surface area (Å²) in [7, 11) is 0. The third-order valence-corrected chi connectivity index (χ3v) is 13.1. The van der Waals surface area contributed by atoms with Gasteiger partial charge in [-0.3, -0.25) is 14.4 Å². The first kappa shape index (κ1) is 69.3. The van der Waals surface area contributed by atoms with E-state index in [1.807, 2.05) is 0 Å². The average Bonchev–Trinajstić information content (AvgIpc) is 3.39. The summed E-state index contributed by atoms with van der Waals surface area (Å²) in [4.78, 5) is 38.3. The molecule has 0 aromatic rings. The Morgan fingerprint density at radius 2 is 0.534 bits per heavy atom. The molecule has 0 spiro atoms. The fourth-order valence-corrected chi connectivity index (χ4v) is 8.54. The van der Waals surface area contributed by atoms with Crippen LogP contribution >= 0.6 is 0 Å². The zero-order valence-electron chi connectivity index (χ0n) is 47.9. The summed E-state index contributed by atoms with van der Waals surface area (Å²) in [6, 6.07) is 0. The molecule has 0 bridgehead atoms. The highest BCUT2D eigenvalue weighted by atomic mass is 16.6. The Bertz CT molecular complexity index is 1440. The highest BCUT2D eigenvalue weighted by Crippen LogP contribution is 2.16. The zero-order chi connectivity index (χ0) is 52.9. The van der Waals surface area contributed by atoms with E-state index in [1.54, 1.807) is 0 Å². The van der Waals surface area contributed by atoms with Crippen molar-refractivity contribution in [1.29, 1.82) is 0 Å². The first-order valence-corrected chi connectivity index (χ1v) is 30.7. The maximum Gasteiger partial charge on any atom is 0.306 e. The molecule has 6 heteroatoms. The molecule has 0 radical (unpaired) electrons. The fourth-order valence-electron chi connectivity index (χ4n) is 8.54. The van der Waals surface area contributed by atoms with E-state index in [2.05, 4.69) is 118 Å². The van der Waals surface area contributed by atoms with Crippen molar-refractivity contribution in [3.05, 3.63) is 97.2 Å². The number of ether oxygens (including phenoxy) is 3. The Kier molecular flexibility index (Phi) is 57.8. The van der Waals surface area contributed by atoms with E-state index in [0.717, 1.165) is 135 Å². The van der Waals surface area contributed by atoms with Crippen molar-refractivity contribution in [2.45, 2.75) is 297 Å². The van der Waals surface area contributed by atoms with Crippen molar-refractivity contribution in [1.82, 2.24) is 0 Å². The number of esters is 3. The van der Waals surface area contributed by atoms with Gasteiger partial charge in [-0.1, -0.05) is 272 Å². The van der Waals surface area contributed by atoms with Gasteiger partial charge in [-0.15, -0.1) is 0 Å². The van der Waals surface area contributed by atoms with Gasteiger partial charge in [0.15, 0.2) is 6.10 Å². The van der Waals surface area contributed by atoms with Crippen LogP contribution in [0.1, 0.15) is 290 Å². The highest BCUT2D eigenvalue weighted by Gasteiger charge is 2.19. The van der Waals surface area contributed by atoms with Crippen LogP contribution in [0.2, 0.25) is 0 Å². The molecule has 0 fully saturated rings. The summed E-state index contributed by atoms with van der Waals surface area (Å²) >= 11 is 0.